The van der Waals surface area contributed by atoms with Crippen molar-refractivity contribution in [1.82, 2.24) is 4.98 Å². The summed E-state index contributed by atoms with van der Waals surface area (Å²) >= 11 is 14.0. The molecule has 2 aliphatic rings. The average Bonchev–Trinajstić information content (AvgIpc) is 3.23. The van der Waals surface area contributed by atoms with E-state index in [1.54, 1.807) is 34.7 Å². The van der Waals surface area contributed by atoms with Crippen LogP contribution in [0.15, 0.2) is 24.5 Å². The first-order chi connectivity index (χ1) is 12.9. The largest absolute Gasteiger partial charge is 0.448 e. The van der Waals surface area contributed by atoms with Gasteiger partial charge in [0.25, 0.3) is 5.79 Å². The number of hydrogen-bond acceptors (Lipinski definition) is 5. The van der Waals surface area contributed by atoms with Gasteiger partial charge < -0.3 is 9.47 Å². The Labute approximate surface area is 179 Å². The van der Waals surface area contributed by atoms with E-state index in [4.69, 9.17) is 32.7 Å². The fourth-order valence-electron chi connectivity index (χ4n) is 3.51. The molecular formula is C19H14Cl2INO4. The minimum absolute atomic E-state index is 0.000511. The first kappa shape index (κ1) is 19.0. The highest BCUT2D eigenvalue weighted by atomic mass is 127. The summed E-state index contributed by atoms with van der Waals surface area (Å²) in [6.07, 6.45) is 6.32. The van der Waals surface area contributed by atoms with Gasteiger partial charge >= 0.3 is 0 Å². The highest BCUT2D eigenvalue weighted by Gasteiger charge is 2.47. The molecule has 1 aromatic carbocycles. The Morgan fingerprint density at radius 2 is 1.59 bits per heavy atom. The number of carbonyl (C=O) groups excluding carboxylic acids is 2. The zero-order valence-corrected chi connectivity index (χ0v) is 17.7. The molecule has 5 nitrogen and oxygen atoms in total. The lowest BCUT2D eigenvalue weighted by Crippen LogP contribution is -2.34. The van der Waals surface area contributed by atoms with Crippen molar-refractivity contribution < 1.29 is 19.1 Å². The van der Waals surface area contributed by atoms with E-state index < -0.39 is 5.79 Å². The van der Waals surface area contributed by atoms with Crippen LogP contribution in [0.25, 0.3) is 0 Å². The molecule has 0 N–H and O–H groups in total. The van der Waals surface area contributed by atoms with Gasteiger partial charge in [-0.05, 0) is 25.0 Å². The van der Waals surface area contributed by atoms with Crippen molar-refractivity contribution in [3.63, 3.8) is 0 Å². The third kappa shape index (κ3) is 3.43. The molecular weight excluding hydrogens is 504 g/mol. The Morgan fingerprint density at radius 3 is 2.19 bits per heavy atom. The van der Waals surface area contributed by atoms with Crippen LogP contribution in [0.3, 0.4) is 0 Å². The summed E-state index contributed by atoms with van der Waals surface area (Å²) in [5.41, 5.74) is 1.28. The molecule has 1 fully saturated rings. The Kier molecular flexibility index (Phi) is 5.07. The maximum absolute atomic E-state index is 13.0. The maximum Gasteiger partial charge on any atom is 0.251 e. The highest BCUT2D eigenvalue weighted by molar-refractivity contribution is 14.1. The van der Waals surface area contributed by atoms with Crippen LogP contribution in [0, 0.1) is 0 Å². The van der Waals surface area contributed by atoms with E-state index in [1.165, 1.54) is 12.4 Å². The molecule has 1 spiro atoms. The fraction of sp³-hybridized carbons (Fsp3) is 0.316. The standard InChI is InChI=1S/C19H14Cl2INO4/c20-13-8-23-9-14(21)12(13)7-15(24)10-3-4-11(18(22)25)17-16(10)26-19(27-17)5-1-2-6-19/h3-4,8-9H,1-2,5-7H2. The van der Waals surface area contributed by atoms with Crippen LogP contribution in [-0.2, 0) is 6.42 Å². The zero-order valence-electron chi connectivity index (χ0n) is 14.1. The van der Waals surface area contributed by atoms with Crippen molar-refractivity contribution >= 4 is 55.4 Å². The molecule has 2 aromatic rings. The molecule has 0 atom stereocenters. The van der Waals surface area contributed by atoms with E-state index in [2.05, 4.69) is 4.98 Å². The summed E-state index contributed by atoms with van der Waals surface area (Å²) in [5.74, 6) is -0.293. The SMILES string of the molecule is O=C(I)c1ccc(C(=O)Cc2c(Cl)cncc2Cl)c2c1OC1(CCCC1)O2. The van der Waals surface area contributed by atoms with Gasteiger partial charge in [0.2, 0.25) is 3.79 Å². The van der Waals surface area contributed by atoms with E-state index in [0.29, 0.717) is 38.2 Å². The number of pyridine rings is 1. The van der Waals surface area contributed by atoms with Crippen molar-refractivity contribution in [3.05, 3.63) is 51.3 Å². The number of fused-ring (bicyclic) bond motifs is 1. The Bertz CT molecular complexity index is 937. The minimum Gasteiger partial charge on any atom is -0.448 e. The number of benzene rings is 1. The summed E-state index contributed by atoms with van der Waals surface area (Å²) in [5, 5.41) is 0.659. The monoisotopic (exact) mass is 517 g/mol. The zero-order chi connectivity index (χ0) is 19.2. The molecule has 140 valence electrons. The molecule has 1 aromatic heterocycles. The molecule has 8 heteroatoms. The quantitative estimate of drug-likeness (QED) is 0.307. The molecule has 2 heterocycles. The molecule has 0 bridgehead atoms. The number of carbonyl (C=O) groups is 2. The van der Waals surface area contributed by atoms with Gasteiger partial charge in [0.15, 0.2) is 17.3 Å². The molecule has 27 heavy (non-hydrogen) atoms. The van der Waals surface area contributed by atoms with Crippen LogP contribution >= 0.6 is 45.8 Å². The lowest BCUT2D eigenvalue weighted by molar-refractivity contribution is -0.0718. The molecule has 1 aliphatic heterocycles. The third-order valence-electron chi connectivity index (χ3n) is 4.86. The van der Waals surface area contributed by atoms with E-state index >= 15 is 0 Å². The first-order valence-corrected chi connectivity index (χ1v) is 10.3. The first-order valence-electron chi connectivity index (χ1n) is 8.46. The Hall–Kier alpha value is -1.38. The van der Waals surface area contributed by atoms with Crippen LogP contribution in [0.1, 0.15) is 52.0 Å². The molecule has 1 saturated carbocycles. The smallest absolute Gasteiger partial charge is 0.251 e. The van der Waals surface area contributed by atoms with Gasteiger partial charge in [0.05, 0.1) is 21.2 Å². The molecule has 0 radical (unpaired) electrons. The van der Waals surface area contributed by atoms with E-state index in [9.17, 15) is 9.59 Å². The third-order valence-corrected chi connectivity index (χ3v) is 6.09. The summed E-state index contributed by atoms with van der Waals surface area (Å²) in [4.78, 5) is 28.9. The number of ether oxygens (including phenoxy) is 2. The number of ketones is 1. The van der Waals surface area contributed by atoms with Gasteiger partial charge in [-0.1, -0.05) is 23.2 Å². The summed E-state index contributed by atoms with van der Waals surface area (Å²) < 4.78 is 12.0. The number of rotatable bonds is 4. The van der Waals surface area contributed by atoms with Crippen LogP contribution in [0.4, 0.5) is 0 Å². The van der Waals surface area contributed by atoms with E-state index in [1.807, 2.05) is 0 Å². The number of nitrogens with zero attached hydrogens (tertiary/aromatic N) is 1. The lowest BCUT2D eigenvalue weighted by Gasteiger charge is -2.21. The topological polar surface area (TPSA) is 65.5 Å². The average molecular weight is 518 g/mol. The molecule has 0 unspecified atom stereocenters. The molecule has 1 aliphatic carbocycles. The number of halogens is 3. The molecule has 0 saturated heterocycles. The van der Waals surface area contributed by atoms with Crippen LogP contribution in [0.5, 0.6) is 11.5 Å². The number of aromatic nitrogens is 1. The molecule has 4 rings (SSSR count). The summed E-state index contributed by atoms with van der Waals surface area (Å²) in [6, 6.07) is 3.21. The van der Waals surface area contributed by atoms with Crippen molar-refractivity contribution in [3.8, 4) is 11.5 Å². The Morgan fingerprint density at radius 1 is 1.04 bits per heavy atom. The van der Waals surface area contributed by atoms with Crippen molar-refractivity contribution in [1.29, 1.82) is 0 Å². The number of Topliss-reactive ketones (excluding diaryl/α,β-unsaturated/α-hetero) is 1. The second kappa shape index (κ2) is 7.22. The Balaban J connectivity index is 1.73. The van der Waals surface area contributed by atoms with Gasteiger partial charge in [-0.15, -0.1) is 0 Å². The maximum atomic E-state index is 13.0. The van der Waals surface area contributed by atoms with E-state index in [0.717, 1.165) is 25.7 Å². The minimum atomic E-state index is -0.772. The van der Waals surface area contributed by atoms with Crippen molar-refractivity contribution in [2.45, 2.75) is 37.9 Å². The van der Waals surface area contributed by atoms with Gasteiger partial charge in [-0.3, -0.25) is 14.6 Å². The second-order valence-corrected chi connectivity index (χ2v) is 8.39. The highest BCUT2D eigenvalue weighted by Crippen LogP contribution is 2.50. The van der Waals surface area contributed by atoms with Gasteiger partial charge in [-0.2, -0.15) is 0 Å². The van der Waals surface area contributed by atoms with E-state index in [-0.39, 0.29) is 16.0 Å². The fourth-order valence-corrected chi connectivity index (χ4v) is 4.44. The van der Waals surface area contributed by atoms with Crippen LogP contribution in [-0.4, -0.2) is 20.3 Å². The summed E-state index contributed by atoms with van der Waals surface area (Å²) in [7, 11) is 0. The predicted molar refractivity (Wildman–Crippen MR) is 110 cm³/mol. The van der Waals surface area contributed by atoms with Gasteiger partial charge in [-0.25, -0.2) is 0 Å². The summed E-state index contributed by atoms with van der Waals surface area (Å²) in [6.45, 7) is 0. The lowest BCUT2D eigenvalue weighted by atomic mass is 10.0. The second-order valence-electron chi connectivity index (χ2n) is 6.60. The van der Waals surface area contributed by atoms with Gasteiger partial charge in [0.1, 0.15) is 0 Å². The van der Waals surface area contributed by atoms with Crippen LogP contribution < -0.4 is 9.47 Å². The normalized spacial score (nSPS) is 16.7. The molecule has 0 amide bonds. The number of hydrogen-bond donors (Lipinski definition) is 0. The van der Waals surface area contributed by atoms with Crippen molar-refractivity contribution in [2.24, 2.45) is 0 Å². The van der Waals surface area contributed by atoms with Crippen LogP contribution in [0.2, 0.25) is 10.0 Å². The van der Waals surface area contributed by atoms with Gasteiger partial charge in [0, 0.05) is 59.8 Å². The van der Waals surface area contributed by atoms with Crippen molar-refractivity contribution in [2.75, 3.05) is 0 Å². The predicted octanol–water partition coefficient (Wildman–Crippen LogP) is 5.43.